The van der Waals surface area contributed by atoms with Crippen LogP contribution in [0.15, 0.2) is 138 Å². The van der Waals surface area contributed by atoms with Crippen LogP contribution in [0.1, 0.15) is 96.6 Å². The molecule has 58 heavy (non-hydrogen) atoms. The van der Waals surface area contributed by atoms with Gasteiger partial charge in [-0.15, -0.1) is 12.3 Å². The minimum absolute atomic E-state index is 0.210. The maximum absolute atomic E-state index is 11.1. The summed E-state index contributed by atoms with van der Waals surface area (Å²) in [6.07, 6.45) is 23.3. The Hall–Kier alpha value is -5.00. The van der Waals surface area contributed by atoms with Crippen LogP contribution in [0.4, 0.5) is 11.4 Å². The SMILES string of the molecule is C#CCCCCC[N+]1=C(/C=C/C2=C(Oc3ccccc3)C(=C/C=C3\N(CCCCOS(=O)O)c4ccccc4C3(C)C)/CCC2)C(C)(C)c2c1ccc1ccccc21. The van der Waals surface area contributed by atoms with Gasteiger partial charge in [0.05, 0.1) is 12.0 Å². The predicted molar refractivity (Wildman–Crippen MR) is 240 cm³/mol. The van der Waals surface area contributed by atoms with Gasteiger partial charge in [0.15, 0.2) is 5.71 Å². The second-order valence-corrected chi connectivity index (χ2v) is 17.3. The molecule has 1 atom stereocenters. The average molecular weight is 794 g/mol. The number of benzene rings is 4. The number of unbranched alkanes of at least 4 members (excludes halogenated alkanes) is 4. The lowest BCUT2D eigenvalue weighted by molar-refractivity contribution is -0.438. The summed E-state index contributed by atoms with van der Waals surface area (Å²) >= 11 is -2.24. The molecule has 0 fully saturated rings. The molecule has 0 radical (unpaired) electrons. The molecular weight excluding hydrogens is 737 g/mol. The van der Waals surface area contributed by atoms with Crippen molar-refractivity contribution in [1.29, 1.82) is 0 Å². The van der Waals surface area contributed by atoms with Gasteiger partial charge in [0, 0.05) is 53.9 Å². The largest absolute Gasteiger partial charge is 0.457 e. The van der Waals surface area contributed by atoms with Crippen molar-refractivity contribution in [3.05, 3.63) is 149 Å². The molecule has 0 bridgehead atoms. The van der Waals surface area contributed by atoms with Crippen LogP contribution >= 0.6 is 0 Å². The van der Waals surface area contributed by atoms with Gasteiger partial charge in [-0.25, -0.2) is 0 Å². The standard InChI is InChI=1S/C51H56N2O4S/c1-6-7-8-9-17-35-53-45-32-29-38-21-13-14-26-42(38)48(45)51(4,5)47(53)34-31-40-23-20-22-39(49(40)57-41-24-11-10-12-25-41)30-33-46-50(2,3)43-27-15-16-28-44(43)52(46)36-18-19-37-56-58(54)55/h1,10-16,21,24-34H,7-9,17-20,22-23,35-37H2,2-5H3/p+1. The summed E-state index contributed by atoms with van der Waals surface area (Å²) in [7, 11) is 0. The topological polar surface area (TPSA) is 62.0 Å². The minimum atomic E-state index is -2.24. The zero-order valence-electron chi connectivity index (χ0n) is 34.5. The maximum atomic E-state index is 11.1. The van der Waals surface area contributed by atoms with E-state index in [0.29, 0.717) is 6.42 Å². The zero-order valence-corrected chi connectivity index (χ0v) is 35.3. The fraction of sp³-hybridized carbons (Fsp3) is 0.353. The van der Waals surface area contributed by atoms with Crippen molar-refractivity contribution >= 4 is 39.2 Å². The van der Waals surface area contributed by atoms with Crippen LogP contribution in [0.2, 0.25) is 0 Å². The van der Waals surface area contributed by atoms with E-state index in [0.717, 1.165) is 76.0 Å². The Morgan fingerprint density at radius 3 is 2.43 bits per heavy atom. The van der Waals surface area contributed by atoms with Gasteiger partial charge in [0.1, 0.15) is 18.1 Å². The first-order valence-corrected chi connectivity index (χ1v) is 21.9. The number of hydrogen-bond acceptors (Lipinski definition) is 4. The molecule has 6 nitrogen and oxygen atoms in total. The Labute approximate surface area is 348 Å². The molecule has 0 amide bonds. The maximum Gasteiger partial charge on any atom is 0.301 e. The third-order valence-corrected chi connectivity index (χ3v) is 12.4. The van der Waals surface area contributed by atoms with E-state index < -0.39 is 11.4 Å². The number of fused-ring (bicyclic) bond motifs is 4. The highest BCUT2D eigenvalue weighted by Crippen LogP contribution is 2.48. The molecule has 2 aliphatic heterocycles. The lowest BCUT2D eigenvalue weighted by Crippen LogP contribution is -2.28. The highest BCUT2D eigenvalue weighted by Gasteiger charge is 2.45. The van der Waals surface area contributed by atoms with Crippen molar-refractivity contribution in [2.75, 3.05) is 24.6 Å². The van der Waals surface area contributed by atoms with E-state index in [9.17, 15) is 4.21 Å². The van der Waals surface area contributed by atoms with Gasteiger partial charge in [-0.1, -0.05) is 80.6 Å². The number of para-hydroxylation sites is 2. The number of nitrogens with zero attached hydrogens (tertiary/aromatic N) is 2. The minimum Gasteiger partial charge on any atom is -0.457 e. The van der Waals surface area contributed by atoms with E-state index >= 15 is 0 Å². The molecule has 1 unspecified atom stereocenters. The van der Waals surface area contributed by atoms with Crippen molar-refractivity contribution in [2.45, 2.75) is 96.3 Å². The van der Waals surface area contributed by atoms with Crippen molar-refractivity contribution in [2.24, 2.45) is 0 Å². The number of ether oxygens (including phenoxy) is 1. The Bertz CT molecular complexity index is 2360. The first kappa shape index (κ1) is 41.2. The van der Waals surface area contributed by atoms with E-state index in [1.165, 1.54) is 55.8 Å². The quantitative estimate of drug-likeness (QED) is 0.0530. The number of rotatable bonds is 16. The van der Waals surface area contributed by atoms with Gasteiger partial charge in [0.25, 0.3) is 0 Å². The average Bonchev–Trinajstić information content (AvgIpc) is 3.57. The Balaban J connectivity index is 1.28. The predicted octanol–water partition coefficient (Wildman–Crippen LogP) is 12.0. The van der Waals surface area contributed by atoms with Crippen LogP contribution in [-0.4, -0.2) is 38.7 Å². The lowest BCUT2D eigenvalue weighted by atomic mass is 9.78. The molecular formula is C51H57N2O4S+. The van der Waals surface area contributed by atoms with Crippen molar-refractivity contribution in [1.82, 2.24) is 0 Å². The third kappa shape index (κ3) is 8.71. The molecule has 3 aliphatic rings. The van der Waals surface area contributed by atoms with Crippen molar-refractivity contribution in [3.63, 3.8) is 0 Å². The highest BCUT2D eigenvalue weighted by molar-refractivity contribution is 7.74. The van der Waals surface area contributed by atoms with Crippen molar-refractivity contribution < 1.29 is 22.3 Å². The second-order valence-electron chi connectivity index (χ2n) is 16.6. The van der Waals surface area contributed by atoms with Gasteiger partial charge in [0.2, 0.25) is 5.69 Å². The number of allylic oxidation sites excluding steroid dienone is 7. The van der Waals surface area contributed by atoms with Gasteiger partial charge in [-0.2, -0.15) is 8.78 Å². The van der Waals surface area contributed by atoms with Crippen LogP contribution in [0.5, 0.6) is 5.75 Å². The molecule has 0 saturated heterocycles. The molecule has 7 rings (SSSR count). The Morgan fingerprint density at radius 1 is 0.845 bits per heavy atom. The van der Waals surface area contributed by atoms with Crippen molar-refractivity contribution in [3.8, 4) is 18.1 Å². The molecule has 0 saturated carbocycles. The molecule has 4 aromatic carbocycles. The van der Waals surface area contributed by atoms with Gasteiger partial charge < -0.3 is 9.64 Å². The summed E-state index contributed by atoms with van der Waals surface area (Å²) in [6.45, 7) is 11.3. The van der Waals surface area contributed by atoms with Crippen LogP contribution in [0.3, 0.4) is 0 Å². The molecule has 0 aromatic heterocycles. The molecule has 4 aromatic rings. The van der Waals surface area contributed by atoms with Crippen LogP contribution in [0.25, 0.3) is 10.8 Å². The van der Waals surface area contributed by atoms with E-state index in [1.54, 1.807) is 0 Å². The fourth-order valence-corrected chi connectivity index (χ4v) is 9.41. The van der Waals surface area contributed by atoms with Crippen LogP contribution in [0, 0.1) is 12.3 Å². The van der Waals surface area contributed by atoms with E-state index in [2.05, 4.69) is 128 Å². The summed E-state index contributed by atoms with van der Waals surface area (Å²) in [4.78, 5) is 2.41. The number of hydrogen-bond donors (Lipinski definition) is 1. The van der Waals surface area contributed by atoms with E-state index in [4.69, 9.17) is 19.9 Å². The van der Waals surface area contributed by atoms with E-state index in [1.807, 2.05) is 30.3 Å². The first-order valence-electron chi connectivity index (χ1n) is 20.9. The highest BCUT2D eigenvalue weighted by atomic mass is 32.2. The van der Waals surface area contributed by atoms with Crippen LogP contribution in [-0.2, 0) is 26.4 Å². The zero-order chi connectivity index (χ0) is 40.7. The van der Waals surface area contributed by atoms with Gasteiger partial charge in [-0.3, -0.25) is 8.74 Å². The lowest BCUT2D eigenvalue weighted by Gasteiger charge is -2.27. The Morgan fingerprint density at radius 2 is 1.62 bits per heavy atom. The normalized spacial score (nSPS) is 19.0. The monoisotopic (exact) mass is 793 g/mol. The second kappa shape index (κ2) is 18.3. The number of terminal acetylenes is 1. The smallest absolute Gasteiger partial charge is 0.301 e. The third-order valence-electron chi connectivity index (χ3n) is 12.0. The first-order chi connectivity index (χ1) is 28.1. The summed E-state index contributed by atoms with van der Waals surface area (Å²) < 4.78 is 34.5. The van der Waals surface area contributed by atoms with Gasteiger partial charge in [-0.05, 0) is 123 Å². The molecule has 1 aliphatic carbocycles. The van der Waals surface area contributed by atoms with Crippen LogP contribution < -0.4 is 9.64 Å². The number of anilines is 1. The van der Waals surface area contributed by atoms with Gasteiger partial charge >= 0.3 is 11.4 Å². The summed E-state index contributed by atoms with van der Waals surface area (Å²) in [5.41, 5.74) is 9.67. The molecule has 1 N–H and O–H groups in total. The molecule has 300 valence electrons. The summed E-state index contributed by atoms with van der Waals surface area (Å²) in [5.74, 6) is 4.56. The summed E-state index contributed by atoms with van der Waals surface area (Å²) in [6, 6.07) is 32.1. The summed E-state index contributed by atoms with van der Waals surface area (Å²) in [5, 5.41) is 2.58. The fourth-order valence-electron chi connectivity index (χ4n) is 9.15. The Kier molecular flexibility index (Phi) is 13.0. The van der Waals surface area contributed by atoms with E-state index in [-0.39, 0.29) is 17.4 Å². The molecule has 7 heteroatoms. The molecule has 0 spiro atoms. The molecule has 2 heterocycles.